The van der Waals surface area contributed by atoms with E-state index in [1.807, 2.05) is 6.07 Å². The summed E-state index contributed by atoms with van der Waals surface area (Å²) in [6.07, 6.45) is 6.77. The second-order valence-electron chi connectivity index (χ2n) is 16.8. The molecule has 0 saturated heterocycles. The Kier molecular flexibility index (Phi) is 8.31. The van der Waals surface area contributed by atoms with Crippen LogP contribution in [-0.2, 0) is 6.42 Å². The molecule has 0 saturated carbocycles. The van der Waals surface area contributed by atoms with Crippen molar-refractivity contribution in [3.63, 3.8) is 0 Å². The van der Waals surface area contributed by atoms with E-state index in [0.29, 0.717) is 0 Å². The molecule has 1 aliphatic rings. The van der Waals surface area contributed by atoms with Crippen LogP contribution in [0.5, 0.6) is 0 Å². The molecule has 13 rings (SSSR count). The highest BCUT2D eigenvalue weighted by Gasteiger charge is 2.25. The fourth-order valence-electron chi connectivity index (χ4n) is 10.4. The van der Waals surface area contributed by atoms with E-state index in [2.05, 4.69) is 232 Å². The Morgan fingerprint density at radius 3 is 1.75 bits per heavy atom. The molecule has 3 aromatic heterocycles. The first-order chi connectivity index (χ1) is 31.8. The van der Waals surface area contributed by atoms with Crippen molar-refractivity contribution < 1.29 is 4.42 Å². The summed E-state index contributed by atoms with van der Waals surface area (Å²) >= 11 is 0. The Balaban J connectivity index is 1.01. The van der Waals surface area contributed by atoms with Crippen molar-refractivity contribution in [2.75, 3.05) is 4.90 Å². The van der Waals surface area contributed by atoms with Crippen molar-refractivity contribution in [2.24, 2.45) is 0 Å². The Bertz CT molecular complexity index is 3760. The lowest BCUT2D eigenvalue weighted by atomic mass is 9.90. The van der Waals surface area contributed by atoms with Gasteiger partial charge in [-0.1, -0.05) is 146 Å². The predicted octanol–water partition coefficient (Wildman–Crippen LogP) is 16.4. The molecule has 0 unspecified atom stereocenters. The number of rotatable bonds is 7. The van der Waals surface area contributed by atoms with E-state index in [0.717, 1.165) is 74.4 Å². The van der Waals surface area contributed by atoms with Gasteiger partial charge in [0.2, 0.25) is 0 Å². The number of allylic oxidation sites excluding steroid dienone is 1. The number of para-hydroxylation sites is 4. The van der Waals surface area contributed by atoms with Crippen LogP contribution in [0, 0.1) is 0 Å². The molecule has 0 radical (unpaired) electrons. The topological polar surface area (TPSA) is 26.2 Å². The fraction of sp³-hybridized carbons (Fsp3) is 0.0333. The molecule has 3 heterocycles. The summed E-state index contributed by atoms with van der Waals surface area (Å²) < 4.78 is 11.3. The Hall–Kier alpha value is -8.34. The average molecular weight is 820 g/mol. The van der Waals surface area contributed by atoms with Crippen LogP contribution in [0.15, 0.2) is 223 Å². The van der Waals surface area contributed by atoms with E-state index in [1.54, 1.807) is 0 Å². The number of furan rings is 1. The van der Waals surface area contributed by atoms with Crippen LogP contribution in [-0.4, -0.2) is 9.13 Å². The molecule has 64 heavy (non-hydrogen) atoms. The molecule has 4 nitrogen and oxygen atoms in total. The highest BCUT2D eigenvalue weighted by atomic mass is 16.3. The average Bonchev–Trinajstić information content (AvgIpc) is 4.03. The van der Waals surface area contributed by atoms with E-state index < -0.39 is 0 Å². The molecular weight excluding hydrogens is 779 g/mol. The molecule has 9 aromatic carbocycles. The largest absolute Gasteiger partial charge is 0.456 e. The van der Waals surface area contributed by atoms with Crippen molar-refractivity contribution in [1.29, 1.82) is 0 Å². The predicted molar refractivity (Wildman–Crippen MR) is 268 cm³/mol. The maximum atomic E-state index is 6.46. The lowest BCUT2D eigenvalue weighted by molar-refractivity contribution is 0.669. The van der Waals surface area contributed by atoms with E-state index >= 15 is 0 Å². The summed E-state index contributed by atoms with van der Waals surface area (Å²) in [5.41, 5.74) is 18.3. The maximum Gasteiger partial charge on any atom is 0.137 e. The summed E-state index contributed by atoms with van der Waals surface area (Å²) in [6, 6.07) is 76.8. The zero-order chi connectivity index (χ0) is 42.1. The summed E-state index contributed by atoms with van der Waals surface area (Å²) in [4.78, 5) is 2.39. The van der Waals surface area contributed by atoms with Gasteiger partial charge in [-0.25, -0.2) is 0 Å². The molecule has 0 spiro atoms. The van der Waals surface area contributed by atoms with Crippen LogP contribution in [0.25, 0.3) is 94.5 Å². The number of fused-ring (bicyclic) bond motifs is 9. The molecule has 12 aromatic rings. The maximum absolute atomic E-state index is 6.46. The van der Waals surface area contributed by atoms with Crippen LogP contribution in [0.4, 0.5) is 17.1 Å². The minimum Gasteiger partial charge on any atom is -0.456 e. The second kappa shape index (κ2) is 14.6. The van der Waals surface area contributed by atoms with Crippen LogP contribution in [0.3, 0.4) is 0 Å². The highest BCUT2D eigenvalue weighted by molar-refractivity contribution is 6.26. The van der Waals surface area contributed by atoms with Gasteiger partial charge in [0.25, 0.3) is 0 Å². The number of aromatic nitrogens is 2. The molecule has 302 valence electrons. The summed E-state index contributed by atoms with van der Waals surface area (Å²) in [5.74, 6) is 0. The SMILES string of the molecule is C1=Cc2c(cccc2-c2ccc(N(c3ccc(-c4cccc5c4c4c6ccccc6n(-c6ccccc6)c4n5-c4ccccc4)cc3)c3cccc4oc5ccccc5c34)cc2)CC1. The Morgan fingerprint density at radius 2 is 1.00 bits per heavy atom. The van der Waals surface area contributed by atoms with Gasteiger partial charge in [-0.2, -0.15) is 0 Å². The van der Waals surface area contributed by atoms with Gasteiger partial charge in [0.15, 0.2) is 0 Å². The Morgan fingerprint density at radius 1 is 0.422 bits per heavy atom. The van der Waals surface area contributed by atoms with Gasteiger partial charge in [0.05, 0.1) is 22.1 Å². The van der Waals surface area contributed by atoms with Gasteiger partial charge in [0.1, 0.15) is 16.8 Å². The number of nitrogens with zero attached hydrogens (tertiary/aromatic N) is 3. The number of anilines is 3. The molecular formula is C60H41N3O. The molecule has 4 heteroatoms. The van der Waals surface area contributed by atoms with Crippen LogP contribution in [0.1, 0.15) is 17.5 Å². The van der Waals surface area contributed by atoms with Gasteiger partial charge in [0, 0.05) is 44.3 Å². The number of aryl methyl sites for hydroxylation is 1. The van der Waals surface area contributed by atoms with E-state index in [-0.39, 0.29) is 0 Å². The minimum atomic E-state index is 0.868. The summed E-state index contributed by atoms with van der Waals surface area (Å²) in [5, 5.41) is 5.90. The van der Waals surface area contributed by atoms with Gasteiger partial charge in [-0.3, -0.25) is 9.13 Å². The zero-order valence-electron chi connectivity index (χ0n) is 35.0. The van der Waals surface area contributed by atoms with Crippen molar-refractivity contribution >= 4 is 77.9 Å². The summed E-state index contributed by atoms with van der Waals surface area (Å²) in [6.45, 7) is 0. The van der Waals surface area contributed by atoms with Crippen LogP contribution in [0.2, 0.25) is 0 Å². The highest BCUT2D eigenvalue weighted by Crippen LogP contribution is 2.47. The molecule has 0 amide bonds. The Labute approximate surface area is 370 Å². The van der Waals surface area contributed by atoms with Gasteiger partial charge >= 0.3 is 0 Å². The quantitative estimate of drug-likeness (QED) is 0.160. The first-order valence-corrected chi connectivity index (χ1v) is 22.2. The van der Waals surface area contributed by atoms with Crippen molar-refractivity contribution in [3.8, 4) is 33.6 Å². The third kappa shape index (κ3) is 5.62. The molecule has 0 bridgehead atoms. The summed E-state index contributed by atoms with van der Waals surface area (Å²) in [7, 11) is 0. The lowest BCUT2D eigenvalue weighted by Gasteiger charge is -2.27. The standard InChI is InChI=1S/C60H41N3O/c1-3-18-43(19-4-1)62-52-27-11-9-23-50(52)59-58-49(26-14-28-54(58)63(60(59)62)44-20-5-2-6-21-44)42-34-38-46(39-35-42)61(53-29-15-31-56-57(53)51-24-10-12-30-55(51)64-56)45-36-32-41(33-37-45)48-25-13-17-40-16-7-8-22-47(40)48/h1-6,8-15,17-39H,7,16H2. The first kappa shape index (κ1) is 36.3. The molecule has 0 fully saturated rings. The third-order valence-electron chi connectivity index (χ3n) is 13.2. The third-order valence-corrected chi connectivity index (χ3v) is 13.2. The van der Waals surface area contributed by atoms with Crippen LogP contribution >= 0.6 is 0 Å². The molecule has 0 atom stereocenters. The zero-order valence-corrected chi connectivity index (χ0v) is 35.0. The van der Waals surface area contributed by atoms with Gasteiger partial charge in [-0.15, -0.1) is 0 Å². The van der Waals surface area contributed by atoms with Gasteiger partial charge < -0.3 is 9.32 Å². The molecule has 1 aliphatic carbocycles. The molecule has 0 N–H and O–H groups in total. The molecule has 0 aliphatic heterocycles. The lowest BCUT2D eigenvalue weighted by Crippen LogP contribution is -2.10. The smallest absolute Gasteiger partial charge is 0.137 e. The van der Waals surface area contributed by atoms with Gasteiger partial charge in [-0.05, 0) is 125 Å². The fourth-order valence-corrected chi connectivity index (χ4v) is 10.4. The minimum absolute atomic E-state index is 0.868. The first-order valence-electron chi connectivity index (χ1n) is 22.2. The number of hydrogen-bond acceptors (Lipinski definition) is 2. The monoisotopic (exact) mass is 819 g/mol. The van der Waals surface area contributed by atoms with E-state index in [9.17, 15) is 0 Å². The van der Waals surface area contributed by atoms with Crippen molar-refractivity contribution in [3.05, 3.63) is 230 Å². The van der Waals surface area contributed by atoms with Crippen molar-refractivity contribution in [2.45, 2.75) is 12.8 Å². The van der Waals surface area contributed by atoms with E-state index in [1.165, 1.54) is 55.0 Å². The number of hydrogen-bond donors (Lipinski definition) is 0. The normalized spacial score (nSPS) is 12.5. The van der Waals surface area contributed by atoms with Crippen LogP contribution < -0.4 is 4.90 Å². The second-order valence-corrected chi connectivity index (χ2v) is 16.8. The van der Waals surface area contributed by atoms with E-state index in [4.69, 9.17) is 4.42 Å². The van der Waals surface area contributed by atoms with Crippen molar-refractivity contribution in [1.82, 2.24) is 9.13 Å². The number of benzene rings is 9.